The Balaban J connectivity index is 1.62. The second kappa shape index (κ2) is 6.09. The molecule has 7 heteroatoms. The maximum atomic E-state index is 12.1. The lowest BCUT2D eigenvalue weighted by Gasteiger charge is -2.17. The smallest absolute Gasteiger partial charge is 0.250 e. The number of ether oxygens (including phenoxy) is 1. The van der Waals surface area contributed by atoms with Crippen molar-refractivity contribution in [1.82, 2.24) is 20.5 Å². The van der Waals surface area contributed by atoms with Crippen LogP contribution in [-0.2, 0) is 11.2 Å². The Morgan fingerprint density at radius 2 is 2.38 bits per heavy atom. The number of rotatable bonds is 4. The number of hydrogen-bond acceptors (Lipinski definition) is 4. The molecule has 0 saturated heterocycles. The largest absolute Gasteiger partial charge is 0.488 e. The van der Waals surface area contributed by atoms with Gasteiger partial charge in [0.2, 0.25) is 0 Å². The van der Waals surface area contributed by atoms with E-state index < -0.39 is 0 Å². The van der Waals surface area contributed by atoms with Gasteiger partial charge in [0.05, 0.1) is 5.57 Å². The number of carbonyl (C=O) groups excluding carboxylic acids is 1. The van der Waals surface area contributed by atoms with Crippen LogP contribution in [0.5, 0.6) is 5.75 Å². The SMILES string of the molecule is O=C(NCCc1ncn[nH]1)C1=Cc2cc(Br)ccc2OC1. The molecule has 0 fully saturated rings. The molecular weight excluding hydrogens is 336 g/mol. The molecule has 21 heavy (non-hydrogen) atoms. The first-order valence-corrected chi connectivity index (χ1v) is 7.27. The van der Waals surface area contributed by atoms with Crippen molar-refractivity contribution in [2.75, 3.05) is 13.2 Å². The van der Waals surface area contributed by atoms with E-state index in [1.807, 2.05) is 24.3 Å². The Kier molecular flexibility index (Phi) is 4.01. The lowest BCUT2D eigenvalue weighted by Crippen LogP contribution is -2.30. The topological polar surface area (TPSA) is 79.9 Å². The van der Waals surface area contributed by atoms with Gasteiger partial charge < -0.3 is 10.1 Å². The Bertz CT molecular complexity index is 682. The number of hydrogen-bond donors (Lipinski definition) is 2. The number of benzene rings is 1. The molecular formula is C14H13BrN4O2. The highest BCUT2D eigenvalue weighted by atomic mass is 79.9. The monoisotopic (exact) mass is 348 g/mol. The number of aromatic nitrogens is 3. The van der Waals surface area contributed by atoms with Gasteiger partial charge in [-0.1, -0.05) is 15.9 Å². The highest BCUT2D eigenvalue weighted by Gasteiger charge is 2.17. The normalized spacial score (nSPS) is 13.1. The van der Waals surface area contributed by atoms with E-state index in [0.29, 0.717) is 18.5 Å². The number of halogens is 1. The quantitative estimate of drug-likeness (QED) is 0.881. The molecule has 3 rings (SSSR count). The van der Waals surface area contributed by atoms with Crippen LogP contribution in [0, 0.1) is 0 Å². The van der Waals surface area contributed by atoms with Crippen molar-refractivity contribution in [1.29, 1.82) is 0 Å². The Hall–Kier alpha value is -2.15. The second-order valence-electron chi connectivity index (χ2n) is 4.58. The minimum atomic E-state index is -0.125. The van der Waals surface area contributed by atoms with Crippen LogP contribution in [0.3, 0.4) is 0 Å². The number of fused-ring (bicyclic) bond motifs is 1. The number of nitrogens with one attached hydrogen (secondary N) is 2. The molecule has 2 aromatic rings. The molecule has 0 spiro atoms. The average Bonchev–Trinajstić information content (AvgIpc) is 2.99. The van der Waals surface area contributed by atoms with Crippen molar-refractivity contribution in [2.45, 2.75) is 6.42 Å². The molecule has 1 aromatic carbocycles. The first-order chi connectivity index (χ1) is 10.2. The third kappa shape index (κ3) is 3.30. The third-order valence-electron chi connectivity index (χ3n) is 3.09. The van der Waals surface area contributed by atoms with E-state index >= 15 is 0 Å². The molecule has 0 aliphatic carbocycles. The average molecular weight is 349 g/mol. The van der Waals surface area contributed by atoms with E-state index in [4.69, 9.17) is 4.74 Å². The summed E-state index contributed by atoms with van der Waals surface area (Å²) in [7, 11) is 0. The van der Waals surface area contributed by atoms with Crippen LogP contribution in [0.15, 0.2) is 34.6 Å². The van der Waals surface area contributed by atoms with Crippen molar-refractivity contribution in [2.24, 2.45) is 0 Å². The summed E-state index contributed by atoms with van der Waals surface area (Å²) < 4.78 is 6.54. The summed E-state index contributed by atoms with van der Waals surface area (Å²) in [5, 5.41) is 9.36. The first-order valence-electron chi connectivity index (χ1n) is 6.48. The van der Waals surface area contributed by atoms with E-state index in [0.717, 1.165) is 21.6 Å². The van der Waals surface area contributed by atoms with Crippen LogP contribution in [0.25, 0.3) is 6.08 Å². The zero-order chi connectivity index (χ0) is 14.7. The lowest BCUT2D eigenvalue weighted by atomic mass is 10.1. The molecule has 1 aromatic heterocycles. The maximum Gasteiger partial charge on any atom is 0.250 e. The second-order valence-corrected chi connectivity index (χ2v) is 5.49. The van der Waals surface area contributed by atoms with Crippen LogP contribution in [-0.4, -0.2) is 34.2 Å². The van der Waals surface area contributed by atoms with Crippen molar-refractivity contribution < 1.29 is 9.53 Å². The third-order valence-corrected chi connectivity index (χ3v) is 3.58. The molecule has 2 heterocycles. The van der Waals surface area contributed by atoms with Crippen molar-refractivity contribution in [3.8, 4) is 5.75 Å². The van der Waals surface area contributed by atoms with Crippen molar-refractivity contribution in [3.05, 3.63) is 46.0 Å². The van der Waals surface area contributed by atoms with Crippen LogP contribution in [0.4, 0.5) is 0 Å². The molecule has 0 bridgehead atoms. The fourth-order valence-electron chi connectivity index (χ4n) is 2.04. The molecule has 0 unspecified atom stereocenters. The Morgan fingerprint density at radius 3 is 3.19 bits per heavy atom. The van der Waals surface area contributed by atoms with Gasteiger partial charge in [-0.15, -0.1) is 0 Å². The van der Waals surface area contributed by atoms with Gasteiger partial charge in [-0.3, -0.25) is 9.89 Å². The zero-order valence-corrected chi connectivity index (χ0v) is 12.7. The predicted octanol–water partition coefficient (Wildman–Crippen LogP) is 1.70. The van der Waals surface area contributed by atoms with E-state index in [2.05, 4.69) is 36.4 Å². The van der Waals surface area contributed by atoms with Gasteiger partial charge in [0.15, 0.2) is 0 Å². The lowest BCUT2D eigenvalue weighted by molar-refractivity contribution is -0.117. The standard InChI is InChI=1S/C14H13BrN4O2/c15-11-1-2-12-9(6-11)5-10(7-21-12)14(20)16-4-3-13-17-8-18-19-13/h1-2,5-6,8H,3-4,7H2,(H,16,20)(H,17,18,19). The zero-order valence-electron chi connectivity index (χ0n) is 11.1. The number of H-pyrrole nitrogens is 1. The summed E-state index contributed by atoms with van der Waals surface area (Å²) in [6, 6.07) is 5.72. The molecule has 6 nitrogen and oxygen atoms in total. The first kappa shape index (κ1) is 13.8. The molecule has 2 N–H and O–H groups in total. The summed E-state index contributed by atoms with van der Waals surface area (Å²) >= 11 is 3.41. The molecule has 0 saturated carbocycles. The fourth-order valence-corrected chi connectivity index (χ4v) is 2.42. The summed E-state index contributed by atoms with van der Waals surface area (Å²) in [5.74, 6) is 1.41. The van der Waals surface area contributed by atoms with E-state index in [1.54, 1.807) is 0 Å². The molecule has 108 valence electrons. The van der Waals surface area contributed by atoms with Gasteiger partial charge in [-0.25, -0.2) is 4.98 Å². The molecule has 1 aliphatic rings. The Morgan fingerprint density at radius 1 is 1.48 bits per heavy atom. The van der Waals surface area contributed by atoms with Crippen molar-refractivity contribution in [3.63, 3.8) is 0 Å². The van der Waals surface area contributed by atoms with Gasteiger partial charge in [-0.05, 0) is 24.3 Å². The minimum Gasteiger partial charge on any atom is -0.488 e. The number of carbonyl (C=O) groups is 1. The van der Waals surface area contributed by atoms with E-state index in [9.17, 15) is 4.79 Å². The number of aromatic amines is 1. The molecule has 0 radical (unpaired) electrons. The summed E-state index contributed by atoms with van der Waals surface area (Å²) in [6.45, 7) is 0.777. The minimum absolute atomic E-state index is 0.125. The van der Waals surface area contributed by atoms with Gasteiger partial charge in [0.1, 0.15) is 24.5 Å². The fraction of sp³-hybridized carbons (Fsp3) is 0.214. The maximum absolute atomic E-state index is 12.1. The van der Waals surface area contributed by atoms with Gasteiger partial charge >= 0.3 is 0 Å². The predicted molar refractivity (Wildman–Crippen MR) is 80.7 cm³/mol. The highest BCUT2D eigenvalue weighted by Crippen LogP contribution is 2.29. The van der Waals surface area contributed by atoms with Gasteiger partial charge in [0, 0.05) is 23.0 Å². The summed E-state index contributed by atoms with van der Waals surface area (Å²) in [6.07, 6.45) is 3.92. The van der Waals surface area contributed by atoms with Crippen LogP contribution >= 0.6 is 15.9 Å². The number of nitrogens with zero attached hydrogens (tertiary/aromatic N) is 2. The van der Waals surface area contributed by atoms with Crippen LogP contribution in [0.2, 0.25) is 0 Å². The van der Waals surface area contributed by atoms with Gasteiger partial charge in [0.25, 0.3) is 5.91 Å². The van der Waals surface area contributed by atoms with Crippen LogP contribution < -0.4 is 10.1 Å². The summed E-state index contributed by atoms with van der Waals surface area (Å²) in [5.41, 5.74) is 1.51. The Labute approximate surface area is 129 Å². The van der Waals surface area contributed by atoms with E-state index in [1.165, 1.54) is 6.33 Å². The molecule has 0 atom stereocenters. The van der Waals surface area contributed by atoms with Gasteiger partial charge in [-0.2, -0.15) is 5.10 Å². The van der Waals surface area contributed by atoms with Crippen molar-refractivity contribution >= 4 is 27.9 Å². The number of amides is 1. The molecule has 1 aliphatic heterocycles. The van der Waals surface area contributed by atoms with Crippen LogP contribution in [0.1, 0.15) is 11.4 Å². The van der Waals surface area contributed by atoms with E-state index in [-0.39, 0.29) is 12.5 Å². The highest BCUT2D eigenvalue weighted by molar-refractivity contribution is 9.10. The summed E-state index contributed by atoms with van der Waals surface area (Å²) in [4.78, 5) is 16.1. The molecule has 1 amide bonds.